The second-order valence-electron chi connectivity index (χ2n) is 4.07. The normalized spacial score (nSPS) is 18.0. The van der Waals surface area contributed by atoms with Crippen LogP contribution in [0.4, 0.5) is 0 Å². The second-order valence-corrected chi connectivity index (χ2v) is 4.07. The molecule has 1 saturated heterocycles. The zero-order chi connectivity index (χ0) is 11.3. The minimum absolute atomic E-state index is 0.232. The summed E-state index contributed by atoms with van der Waals surface area (Å²) in [7, 11) is 0. The maximum atomic E-state index is 10.9. The quantitative estimate of drug-likeness (QED) is 0.293. The van der Waals surface area contributed by atoms with Gasteiger partial charge in [-0.15, -0.1) is 0 Å². The monoisotopic (exact) mass is 214 g/mol. The van der Waals surface area contributed by atoms with E-state index in [1.54, 1.807) is 6.92 Å². The van der Waals surface area contributed by atoms with E-state index in [1.165, 1.54) is 0 Å². The van der Waals surface area contributed by atoms with Crippen LogP contribution >= 0.6 is 0 Å². The van der Waals surface area contributed by atoms with Crippen LogP contribution in [0.5, 0.6) is 0 Å². The Morgan fingerprint density at radius 2 is 2.20 bits per heavy atom. The lowest BCUT2D eigenvalue weighted by atomic mass is 9.80. The Morgan fingerprint density at radius 1 is 1.53 bits per heavy atom. The lowest BCUT2D eigenvalue weighted by molar-refractivity contribution is -0.275. The molecule has 0 aromatic rings. The molecule has 1 aliphatic heterocycles. The predicted molar refractivity (Wildman–Crippen MR) is 55.0 cm³/mol. The van der Waals surface area contributed by atoms with Crippen molar-refractivity contribution >= 4 is 5.97 Å². The minimum Gasteiger partial charge on any atom is -0.380 e. The number of ether oxygens (including phenoxy) is 1. The van der Waals surface area contributed by atoms with Gasteiger partial charge in [-0.1, -0.05) is 13.5 Å². The van der Waals surface area contributed by atoms with E-state index < -0.39 is 5.97 Å². The van der Waals surface area contributed by atoms with E-state index in [9.17, 15) is 4.79 Å². The van der Waals surface area contributed by atoms with Crippen molar-refractivity contribution in [2.24, 2.45) is 5.41 Å². The van der Waals surface area contributed by atoms with E-state index in [4.69, 9.17) is 9.62 Å². The molecule has 0 aromatic carbocycles. The zero-order valence-electron chi connectivity index (χ0n) is 9.38. The highest BCUT2D eigenvalue weighted by molar-refractivity contribution is 5.86. The Bertz CT molecular complexity index is 237. The first-order chi connectivity index (χ1) is 7.09. The number of carbonyl (C=O) groups excluding carboxylic acids is 1. The summed E-state index contributed by atoms with van der Waals surface area (Å²) in [6.45, 7) is 9.13. The molecule has 0 aromatic heterocycles. The SMILES string of the molecule is C=C(C)C(=O)OOCCC1(CC)COC1. The summed E-state index contributed by atoms with van der Waals surface area (Å²) in [4.78, 5) is 20.3. The van der Waals surface area contributed by atoms with Gasteiger partial charge in [0.2, 0.25) is 0 Å². The minimum atomic E-state index is -0.509. The van der Waals surface area contributed by atoms with Crippen molar-refractivity contribution in [1.82, 2.24) is 0 Å². The molecule has 0 N–H and O–H groups in total. The fourth-order valence-corrected chi connectivity index (χ4v) is 1.34. The van der Waals surface area contributed by atoms with E-state index in [0.29, 0.717) is 12.2 Å². The first-order valence-corrected chi connectivity index (χ1v) is 5.17. The van der Waals surface area contributed by atoms with Crippen LogP contribution in [0.2, 0.25) is 0 Å². The Morgan fingerprint density at radius 3 is 2.60 bits per heavy atom. The molecule has 86 valence electrons. The van der Waals surface area contributed by atoms with E-state index in [-0.39, 0.29) is 5.41 Å². The van der Waals surface area contributed by atoms with Gasteiger partial charge in [-0.3, -0.25) is 4.89 Å². The molecule has 0 aliphatic carbocycles. The summed E-state index contributed by atoms with van der Waals surface area (Å²) in [5.41, 5.74) is 0.572. The summed E-state index contributed by atoms with van der Waals surface area (Å²) < 4.78 is 5.17. The molecule has 0 bridgehead atoms. The molecule has 0 amide bonds. The Balaban J connectivity index is 2.11. The third-order valence-corrected chi connectivity index (χ3v) is 2.77. The molecule has 0 radical (unpaired) electrons. The van der Waals surface area contributed by atoms with Crippen molar-refractivity contribution in [1.29, 1.82) is 0 Å². The van der Waals surface area contributed by atoms with Crippen LogP contribution in [-0.2, 0) is 19.3 Å². The van der Waals surface area contributed by atoms with Gasteiger partial charge in [-0.05, 0) is 19.8 Å². The summed E-state index contributed by atoms with van der Waals surface area (Å²) in [6.07, 6.45) is 1.91. The largest absolute Gasteiger partial charge is 0.380 e. The molecular formula is C11H18O4. The van der Waals surface area contributed by atoms with Gasteiger partial charge in [-0.2, -0.15) is 4.89 Å². The Kier molecular flexibility index (Phi) is 4.29. The van der Waals surface area contributed by atoms with Gasteiger partial charge < -0.3 is 4.74 Å². The molecule has 1 rings (SSSR count). The first-order valence-electron chi connectivity index (χ1n) is 5.17. The van der Waals surface area contributed by atoms with Crippen molar-refractivity contribution in [2.45, 2.75) is 26.7 Å². The van der Waals surface area contributed by atoms with Gasteiger partial charge in [-0.25, -0.2) is 4.79 Å². The lowest BCUT2D eigenvalue weighted by Crippen LogP contribution is -2.42. The average Bonchev–Trinajstić information content (AvgIpc) is 2.15. The first kappa shape index (κ1) is 12.2. The Labute approximate surface area is 90.1 Å². The smallest absolute Gasteiger partial charge is 0.368 e. The fourth-order valence-electron chi connectivity index (χ4n) is 1.34. The summed E-state index contributed by atoms with van der Waals surface area (Å²) in [6, 6.07) is 0. The topological polar surface area (TPSA) is 44.8 Å². The van der Waals surface area contributed by atoms with E-state index in [2.05, 4.69) is 18.4 Å². The third kappa shape index (κ3) is 3.32. The van der Waals surface area contributed by atoms with Gasteiger partial charge in [0.15, 0.2) is 0 Å². The molecular weight excluding hydrogens is 196 g/mol. The standard InChI is InChI=1S/C11H18O4/c1-4-11(7-13-8-11)5-6-14-15-10(12)9(2)3/h2,4-8H2,1,3H3. The maximum Gasteiger partial charge on any atom is 0.368 e. The molecule has 1 fully saturated rings. The molecule has 15 heavy (non-hydrogen) atoms. The second kappa shape index (κ2) is 5.28. The predicted octanol–water partition coefficient (Wildman–Crippen LogP) is 1.85. The molecule has 4 heteroatoms. The van der Waals surface area contributed by atoms with Crippen LogP contribution in [0.25, 0.3) is 0 Å². The van der Waals surface area contributed by atoms with Crippen LogP contribution in [0.1, 0.15) is 26.7 Å². The molecule has 1 heterocycles. The highest BCUT2D eigenvalue weighted by atomic mass is 17.2. The zero-order valence-corrected chi connectivity index (χ0v) is 9.38. The number of carbonyl (C=O) groups is 1. The Hall–Kier alpha value is -0.870. The van der Waals surface area contributed by atoms with E-state index in [1.807, 2.05) is 0 Å². The fraction of sp³-hybridized carbons (Fsp3) is 0.727. The van der Waals surface area contributed by atoms with E-state index in [0.717, 1.165) is 26.1 Å². The summed E-state index contributed by atoms with van der Waals surface area (Å²) in [5, 5.41) is 0. The molecule has 0 atom stereocenters. The lowest BCUT2D eigenvalue weighted by Gasteiger charge is -2.40. The summed E-state index contributed by atoms with van der Waals surface area (Å²) in [5.74, 6) is -0.509. The van der Waals surface area contributed by atoms with Crippen molar-refractivity contribution in [2.75, 3.05) is 19.8 Å². The van der Waals surface area contributed by atoms with Gasteiger partial charge in [0.1, 0.15) is 0 Å². The van der Waals surface area contributed by atoms with Crippen LogP contribution in [0, 0.1) is 5.41 Å². The number of rotatable bonds is 6. The molecule has 0 spiro atoms. The molecule has 0 unspecified atom stereocenters. The highest BCUT2D eigenvalue weighted by Crippen LogP contribution is 2.34. The van der Waals surface area contributed by atoms with Crippen LogP contribution in [-0.4, -0.2) is 25.8 Å². The van der Waals surface area contributed by atoms with Crippen molar-refractivity contribution in [3.05, 3.63) is 12.2 Å². The van der Waals surface area contributed by atoms with Crippen LogP contribution < -0.4 is 0 Å². The van der Waals surface area contributed by atoms with Crippen molar-refractivity contribution in [3.8, 4) is 0 Å². The van der Waals surface area contributed by atoms with Crippen LogP contribution in [0.15, 0.2) is 12.2 Å². The van der Waals surface area contributed by atoms with E-state index >= 15 is 0 Å². The van der Waals surface area contributed by atoms with Gasteiger partial charge in [0.25, 0.3) is 0 Å². The third-order valence-electron chi connectivity index (χ3n) is 2.77. The molecule has 1 aliphatic rings. The van der Waals surface area contributed by atoms with Gasteiger partial charge >= 0.3 is 5.97 Å². The van der Waals surface area contributed by atoms with Crippen molar-refractivity contribution in [3.63, 3.8) is 0 Å². The highest BCUT2D eigenvalue weighted by Gasteiger charge is 2.36. The number of hydrogen-bond donors (Lipinski definition) is 0. The van der Waals surface area contributed by atoms with Crippen molar-refractivity contribution < 1.29 is 19.3 Å². The molecule has 4 nitrogen and oxygen atoms in total. The average molecular weight is 214 g/mol. The number of hydrogen-bond acceptors (Lipinski definition) is 4. The van der Waals surface area contributed by atoms with Gasteiger partial charge in [0.05, 0.1) is 19.8 Å². The van der Waals surface area contributed by atoms with Gasteiger partial charge in [0, 0.05) is 11.0 Å². The molecule has 0 saturated carbocycles. The maximum absolute atomic E-state index is 10.9. The van der Waals surface area contributed by atoms with Crippen LogP contribution in [0.3, 0.4) is 0 Å². The summed E-state index contributed by atoms with van der Waals surface area (Å²) >= 11 is 0.